The largest absolute Gasteiger partial charge is 0.461 e. The van der Waals surface area contributed by atoms with Crippen LogP contribution in [0.15, 0.2) is 22.6 Å². The zero-order valence-corrected chi connectivity index (χ0v) is 13.6. The van der Waals surface area contributed by atoms with Crippen molar-refractivity contribution in [1.82, 2.24) is 10.6 Å². The molecule has 22 heavy (non-hydrogen) atoms. The summed E-state index contributed by atoms with van der Waals surface area (Å²) in [6.07, 6.45) is 4.16. The smallest absolute Gasteiger partial charge is 0.244 e. The first-order valence-corrected chi connectivity index (χ1v) is 7.61. The maximum absolute atomic E-state index is 11.7. The van der Waals surface area contributed by atoms with Crippen molar-refractivity contribution in [3.63, 3.8) is 0 Å². The van der Waals surface area contributed by atoms with Crippen molar-refractivity contribution in [3.05, 3.63) is 29.7 Å². The predicted molar refractivity (Wildman–Crippen MR) is 85.2 cm³/mol. The summed E-state index contributed by atoms with van der Waals surface area (Å²) in [5.41, 5.74) is -0.303. The van der Waals surface area contributed by atoms with E-state index in [1.807, 2.05) is 32.9 Å². The molecule has 2 rings (SSSR count). The van der Waals surface area contributed by atoms with E-state index in [0.29, 0.717) is 17.6 Å². The van der Waals surface area contributed by atoms with Gasteiger partial charge in [0, 0.05) is 17.5 Å². The van der Waals surface area contributed by atoms with Crippen LogP contribution in [0.2, 0.25) is 0 Å². The van der Waals surface area contributed by atoms with Gasteiger partial charge >= 0.3 is 0 Å². The van der Waals surface area contributed by atoms with E-state index in [-0.39, 0.29) is 23.9 Å². The third-order valence-corrected chi connectivity index (χ3v) is 3.46. The van der Waals surface area contributed by atoms with E-state index in [4.69, 9.17) is 4.42 Å². The average molecular weight is 304 g/mol. The summed E-state index contributed by atoms with van der Waals surface area (Å²) in [6, 6.07) is 3.82. The molecular formula is C17H24N2O3. The Labute approximate surface area is 131 Å². The summed E-state index contributed by atoms with van der Waals surface area (Å²) in [7, 11) is 0. The van der Waals surface area contributed by atoms with E-state index >= 15 is 0 Å². The third kappa shape index (κ3) is 5.06. The monoisotopic (exact) mass is 304 g/mol. The first kappa shape index (κ1) is 16.3. The molecule has 0 bridgehead atoms. The van der Waals surface area contributed by atoms with Crippen LogP contribution in [0.3, 0.4) is 0 Å². The Balaban J connectivity index is 1.77. The summed E-state index contributed by atoms with van der Waals surface area (Å²) in [5.74, 6) is 2.32. The number of carbonyl (C=O) groups is 2. The molecule has 1 aromatic heterocycles. The Morgan fingerprint density at radius 2 is 2.05 bits per heavy atom. The van der Waals surface area contributed by atoms with Crippen LogP contribution in [0.5, 0.6) is 0 Å². The van der Waals surface area contributed by atoms with Gasteiger partial charge in [0.1, 0.15) is 11.5 Å². The number of rotatable bonds is 5. The number of hydrogen-bond acceptors (Lipinski definition) is 3. The van der Waals surface area contributed by atoms with Crippen LogP contribution in [0.25, 0.3) is 6.08 Å². The van der Waals surface area contributed by atoms with Crippen molar-refractivity contribution >= 4 is 17.9 Å². The van der Waals surface area contributed by atoms with Gasteiger partial charge in [0.15, 0.2) is 0 Å². The SMILES string of the molecule is C[C@H]1C[C@H]1c1ccc(/C=C/C(=O)NCC(=O)NC(C)(C)C)o1. The zero-order chi connectivity index (χ0) is 16.3. The summed E-state index contributed by atoms with van der Waals surface area (Å²) in [4.78, 5) is 23.3. The highest BCUT2D eigenvalue weighted by molar-refractivity contribution is 5.94. The fourth-order valence-corrected chi connectivity index (χ4v) is 2.22. The van der Waals surface area contributed by atoms with Gasteiger partial charge in [-0.1, -0.05) is 6.92 Å². The second kappa shape index (κ2) is 6.38. The Bertz CT molecular complexity index is 581. The van der Waals surface area contributed by atoms with Crippen LogP contribution >= 0.6 is 0 Å². The highest BCUT2D eigenvalue weighted by atomic mass is 16.3. The number of hydrogen-bond donors (Lipinski definition) is 2. The molecule has 5 nitrogen and oxygen atoms in total. The lowest BCUT2D eigenvalue weighted by molar-refractivity contribution is -0.124. The quantitative estimate of drug-likeness (QED) is 0.821. The number of nitrogens with one attached hydrogen (secondary N) is 2. The molecule has 1 heterocycles. The molecular weight excluding hydrogens is 280 g/mol. The topological polar surface area (TPSA) is 71.3 Å². The molecule has 1 aromatic rings. The minimum absolute atomic E-state index is 0.0383. The minimum Gasteiger partial charge on any atom is -0.461 e. The van der Waals surface area contributed by atoms with Crippen LogP contribution in [0, 0.1) is 5.92 Å². The Kier molecular flexibility index (Phi) is 4.74. The third-order valence-electron chi connectivity index (χ3n) is 3.46. The van der Waals surface area contributed by atoms with E-state index in [9.17, 15) is 9.59 Å². The van der Waals surface area contributed by atoms with Crippen LogP contribution in [0.4, 0.5) is 0 Å². The van der Waals surface area contributed by atoms with E-state index in [1.54, 1.807) is 6.08 Å². The first-order valence-electron chi connectivity index (χ1n) is 7.61. The Hall–Kier alpha value is -2.04. The maximum atomic E-state index is 11.7. The van der Waals surface area contributed by atoms with Crippen molar-refractivity contribution in [1.29, 1.82) is 0 Å². The molecule has 1 aliphatic carbocycles. The fourth-order valence-electron chi connectivity index (χ4n) is 2.22. The summed E-state index contributed by atoms with van der Waals surface area (Å²) < 4.78 is 5.67. The minimum atomic E-state index is -0.318. The molecule has 120 valence electrons. The highest BCUT2D eigenvalue weighted by Crippen LogP contribution is 2.47. The molecule has 2 amide bonds. The van der Waals surface area contributed by atoms with Crippen LogP contribution in [0.1, 0.15) is 51.6 Å². The van der Waals surface area contributed by atoms with Gasteiger partial charge in [-0.3, -0.25) is 9.59 Å². The Morgan fingerprint density at radius 1 is 1.36 bits per heavy atom. The summed E-state index contributed by atoms with van der Waals surface area (Å²) in [6.45, 7) is 7.83. The lowest BCUT2D eigenvalue weighted by Crippen LogP contribution is -2.45. The van der Waals surface area contributed by atoms with E-state index < -0.39 is 0 Å². The molecule has 0 unspecified atom stereocenters. The highest BCUT2D eigenvalue weighted by Gasteiger charge is 2.36. The van der Waals surface area contributed by atoms with Gasteiger partial charge < -0.3 is 15.1 Å². The molecule has 0 aromatic carbocycles. The van der Waals surface area contributed by atoms with Crippen LogP contribution in [-0.4, -0.2) is 23.9 Å². The van der Waals surface area contributed by atoms with Gasteiger partial charge in [0.2, 0.25) is 11.8 Å². The lowest BCUT2D eigenvalue weighted by atomic mass is 10.1. The van der Waals surface area contributed by atoms with E-state index in [2.05, 4.69) is 17.6 Å². The summed E-state index contributed by atoms with van der Waals surface area (Å²) in [5, 5.41) is 5.32. The zero-order valence-electron chi connectivity index (χ0n) is 13.6. The molecule has 0 spiro atoms. The lowest BCUT2D eigenvalue weighted by Gasteiger charge is -2.20. The molecule has 2 N–H and O–H groups in total. The molecule has 0 saturated heterocycles. The normalized spacial score (nSPS) is 20.9. The maximum Gasteiger partial charge on any atom is 0.244 e. The Morgan fingerprint density at radius 3 is 2.64 bits per heavy atom. The van der Waals surface area contributed by atoms with Crippen LogP contribution in [-0.2, 0) is 9.59 Å². The number of carbonyl (C=O) groups excluding carboxylic acids is 2. The average Bonchev–Trinajstić information content (AvgIpc) is 2.95. The first-order chi connectivity index (χ1) is 10.2. The molecule has 1 fully saturated rings. The standard InChI is InChI=1S/C17H24N2O3/c1-11-9-13(11)14-7-5-12(22-14)6-8-15(20)18-10-16(21)19-17(2,3)4/h5-8,11,13H,9-10H2,1-4H3,(H,18,20)(H,19,21)/b8-6+/t11-,13+/m0/s1. The molecule has 1 aliphatic rings. The summed E-state index contributed by atoms with van der Waals surface area (Å²) >= 11 is 0. The molecule has 5 heteroatoms. The molecule has 1 saturated carbocycles. The van der Waals surface area contributed by atoms with Gasteiger partial charge in [0.25, 0.3) is 0 Å². The van der Waals surface area contributed by atoms with Gasteiger partial charge in [0.05, 0.1) is 6.54 Å². The second-order valence-electron chi connectivity index (χ2n) is 6.91. The molecule has 0 radical (unpaired) electrons. The van der Waals surface area contributed by atoms with Gasteiger partial charge in [-0.25, -0.2) is 0 Å². The van der Waals surface area contributed by atoms with Gasteiger partial charge in [-0.2, -0.15) is 0 Å². The van der Waals surface area contributed by atoms with Crippen molar-refractivity contribution in [2.24, 2.45) is 5.92 Å². The molecule has 0 aliphatic heterocycles. The van der Waals surface area contributed by atoms with Crippen molar-refractivity contribution in [2.75, 3.05) is 6.54 Å². The van der Waals surface area contributed by atoms with Gasteiger partial charge in [-0.05, 0) is 51.3 Å². The molecule has 2 atom stereocenters. The van der Waals surface area contributed by atoms with Gasteiger partial charge in [-0.15, -0.1) is 0 Å². The van der Waals surface area contributed by atoms with Crippen molar-refractivity contribution in [3.8, 4) is 0 Å². The van der Waals surface area contributed by atoms with Crippen molar-refractivity contribution < 1.29 is 14.0 Å². The second-order valence-corrected chi connectivity index (χ2v) is 6.91. The van der Waals surface area contributed by atoms with Crippen LogP contribution < -0.4 is 10.6 Å². The fraction of sp³-hybridized carbons (Fsp3) is 0.529. The van der Waals surface area contributed by atoms with Crippen molar-refractivity contribution in [2.45, 2.75) is 45.6 Å². The number of amides is 2. The van der Waals surface area contributed by atoms with E-state index in [1.165, 1.54) is 12.5 Å². The van der Waals surface area contributed by atoms with E-state index in [0.717, 1.165) is 5.76 Å². The number of furan rings is 1. The predicted octanol–water partition coefficient (Wildman–Crippen LogP) is 2.45.